The predicted molar refractivity (Wildman–Crippen MR) is 121 cm³/mol. The maximum Gasteiger partial charge on any atom is 0.119 e. The highest BCUT2D eigenvalue weighted by Gasteiger charge is 2.26. The second-order valence-electron chi connectivity index (χ2n) is 8.07. The molecule has 0 radical (unpaired) electrons. The molecule has 3 heteroatoms. The summed E-state index contributed by atoms with van der Waals surface area (Å²) < 4.78 is 6.15. The van der Waals surface area contributed by atoms with E-state index >= 15 is 0 Å². The van der Waals surface area contributed by atoms with Crippen LogP contribution in [0.3, 0.4) is 0 Å². The van der Waals surface area contributed by atoms with Crippen LogP contribution in [0.2, 0.25) is 0 Å². The van der Waals surface area contributed by atoms with E-state index in [0.29, 0.717) is 0 Å². The molecule has 2 nitrogen and oxygen atoms in total. The third kappa shape index (κ3) is 12.8. The summed E-state index contributed by atoms with van der Waals surface area (Å²) >= 11 is 0. The van der Waals surface area contributed by atoms with Crippen molar-refractivity contribution in [3.05, 3.63) is 30.3 Å². The normalized spacial score (nSPS) is 12.5. The molecule has 1 rings (SSSR count). The van der Waals surface area contributed by atoms with E-state index in [9.17, 15) is 0 Å². The monoisotopic (exact) mass is 427 g/mol. The summed E-state index contributed by atoms with van der Waals surface area (Å²) in [4.78, 5) is 0. The van der Waals surface area contributed by atoms with Crippen LogP contribution in [0.25, 0.3) is 0 Å². The molecule has 0 fully saturated rings. The first-order chi connectivity index (χ1) is 12.0. The van der Waals surface area contributed by atoms with Crippen molar-refractivity contribution in [2.75, 3.05) is 0 Å². The van der Waals surface area contributed by atoms with Gasteiger partial charge in [-0.25, -0.2) is 0 Å². The zero-order valence-corrected chi connectivity index (χ0v) is 19.1. The second-order valence-corrected chi connectivity index (χ2v) is 8.07. The van der Waals surface area contributed by atoms with Gasteiger partial charge in [-0.15, -0.1) is 17.0 Å². The van der Waals surface area contributed by atoms with Gasteiger partial charge in [-0.05, 0) is 38.8 Å². The molecule has 0 amide bonds. The maximum atomic E-state index is 6.33. The Hall–Kier alpha value is -0.540. The van der Waals surface area contributed by atoms with Crippen molar-refractivity contribution in [1.82, 2.24) is 0 Å². The van der Waals surface area contributed by atoms with E-state index in [1.807, 2.05) is 30.3 Å². The Balaban J connectivity index is 0.00000625. The van der Waals surface area contributed by atoms with E-state index in [4.69, 9.17) is 10.5 Å². The van der Waals surface area contributed by atoms with Gasteiger partial charge in [0.1, 0.15) is 11.9 Å². The van der Waals surface area contributed by atoms with Crippen LogP contribution in [0.5, 0.6) is 5.75 Å². The molecule has 0 saturated carbocycles. The second kappa shape index (κ2) is 15.5. The number of para-hydroxylation sites is 1. The highest BCUT2D eigenvalue weighted by atomic mass is 79.9. The predicted octanol–water partition coefficient (Wildman–Crippen LogP) is 7.45. The summed E-state index contributed by atoms with van der Waals surface area (Å²) in [5.74, 6) is 0.925. The number of unbranched alkanes of at least 4 members (excludes halogenated alkanes) is 10. The molecule has 152 valence electrons. The third-order valence-corrected chi connectivity index (χ3v) is 4.92. The summed E-state index contributed by atoms with van der Waals surface area (Å²) in [5, 5.41) is 0. The van der Waals surface area contributed by atoms with Gasteiger partial charge in [-0.2, -0.15) is 0 Å². The minimum Gasteiger partial charge on any atom is -0.489 e. The molecule has 0 spiro atoms. The van der Waals surface area contributed by atoms with Crippen molar-refractivity contribution < 1.29 is 4.74 Å². The largest absolute Gasteiger partial charge is 0.489 e. The first-order valence-electron chi connectivity index (χ1n) is 10.5. The van der Waals surface area contributed by atoms with Crippen molar-refractivity contribution in [3.63, 3.8) is 0 Å². The highest BCUT2D eigenvalue weighted by Crippen LogP contribution is 2.21. The molecule has 0 aliphatic heterocycles. The fourth-order valence-electron chi connectivity index (χ4n) is 3.24. The Morgan fingerprint density at radius 2 is 1.27 bits per heavy atom. The van der Waals surface area contributed by atoms with Crippen LogP contribution in [0.1, 0.15) is 97.8 Å². The molecule has 2 N–H and O–H groups in total. The third-order valence-electron chi connectivity index (χ3n) is 4.92. The van der Waals surface area contributed by atoms with E-state index in [0.717, 1.165) is 12.2 Å². The van der Waals surface area contributed by atoms with Gasteiger partial charge in [0.2, 0.25) is 0 Å². The standard InChI is InChI=1S/C23H41NO.BrH/c1-4-5-6-7-8-9-10-11-12-13-17-20-22(23(2,3)24)25-21-18-15-14-16-19-21;/h14-16,18-19,22H,4-13,17,20,24H2,1-3H3;1H. The highest BCUT2D eigenvalue weighted by molar-refractivity contribution is 8.93. The molecule has 1 aromatic rings. The van der Waals surface area contributed by atoms with Crippen molar-refractivity contribution in [2.45, 2.75) is 109 Å². The summed E-state index contributed by atoms with van der Waals surface area (Å²) in [6.07, 6.45) is 16.2. The van der Waals surface area contributed by atoms with Gasteiger partial charge in [0, 0.05) is 5.54 Å². The Kier molecular flexibility index (Phi) is 15.2. The molecule has 1 unspecified atom stereocenters. The molecule has 1 atom stereocenters. The lowest BCUT2D eigenvalue weighted by molar-refractivity contribution is 0.117. The van der Waals surface area contributed by atoms with Crippen LogP contribution in [-0.4, -0.2) is 11.6 Å². The van der Waals surface area contributed by atoms with Gasteiger partial charge in [0.25, 0.3) is 0 Å². The number of ether oxygens (including phenoxy) is 1. The van der Waals surface area contributed by atoms with Crippen LogP contribution >= 0.6 is 17.0 Å². The molecule has 0 aliphatic rings. The quantitative estimate of drug-likeness (QED) is 0.294. The Labute approximate surface area is 173 Å². The Morgan fingerprint density at radius 3 is 1.73 bits per heavy atom. The zero-order valence-electron chi connectivity index (χ0n) is 17.3. The molecule has 26 heavy (non-hydrogen) atoms. The van der Waals surface area contributed by atoms with Gasteiger partial charge in [0.15, 0.2) is 0 Å². The van der Waals surface area contributed by atoms with Crippen LogP contribution < -0.4 is 10.5 Å². The molecular formula is C23H42BrNO. The molecule has 0 aromatic heterocycles. The minimum atomic E-state index is -0.311. The average molecular weight is 428 g/mol. The number of nitrogens with two attached hydrogens (primary N) is 1. The summed E-state index contributed by atoms with van der Waals surface area (Å²) in [7, 11) is 0. The lowest BCUT2D eigenvalue weighted by Crippen LogP contribution is -2.48. The molecule has 1 aromatic carbocycles. The lowest BCUT2D eigenvalue weighted by atomic mass is 9.93. The average Bonchev–Trinajstić information content (AvgIpc) is 2.58. The van der Waals surface area contributed by atoms with E-state index < -0.39 is 0 Å². The van der Waals surface area contributed by atoms with Gasteiger partial charge in [0.05, 0.1) is 0 Å². The maximum absolute atomic E-state index is 6.33. The number of halogens is 1. The van der Waals surface area contributed by atoms with E-state index in [1.54, 1.807) is 0 Å². The van der Waals surface area contributed by atoms with Crippen molar-refractivity contribution in [3.8, 4) is 5.75 Å². The smallest absolute Gasteiger partial charge is 0.119 e. The van der Waals surface area contributed by atoms with Gasteiger partial charge >= 0.3 is 0 Å². The summed E-state index contributed by atoms with van der Waals surface area (Å²) in [6, 6.07) is 10.1. The summed E-state index contributed by atoms with van der Waals surface area (Å²) in [6.45, 7) is 6.42. The number of rotatable bonds is 15. The van der Waals surface area contributed by atoms with Crippen molar-refractivity contribution in [2.24, 2.45) is 5.73 Å². The molecule has 0 saturated heterocycles. The van der Waals surface area contributed by atoms with Crippen LogP contribution in [0.15, 0.2) is 30.3 Å². The van der Waals surface area contributed by atoms with Gasteiger partial charge in [-0.3, -0.25) is 0 Å². The minimum absolute atomic E-state index is 0. The summed E-state index contributed by atoms with van der Waals surface area (Å²) in [5.41, 5.74) is 6.02. The van der Waals surface area contributed by atoms with E-state index in [2.05, 4.69) is 20.8 Å². The number of hydrogen-bond acceptors (Lipinski definition) is 2. The topological polar surface area (TPSA) is 35.2 Å². The Bertz CT molecular complexity index is 416. The zero-order chi connectivity index (χ0) is 18.4. The number of benzene rings is 1. The van der Waals surface area contributed by atoms with Crippen molar-refractivity contribution in [1.29, 1.82) is 0 Å². The SMILES string of the molecule is Br.CCCCCCCCCCCCCC(Oc1ccccc1)C(C)(C)N. The van der Waals surface area contributed by atoms with Crippen LogP contribution in [-0.2, 0) is 0 Å². The van der Waals surface area contributed by atoms with E-state index in [1.165, 1.54) is 70.6 Å². The molecular weight excluding hydrogens is 386 g/mol. The fraction of sp³-hybridized carbons (Fsp3) is 0.739. The lowest BCUT2D eigenvalue weighted by Gasteiger charge is -2.31. The van der Waals surface area contributed by atoms with Gasteiger partial charge in [-0.1, -0.05) is 89.3 Å². The van der Waals surface area contributed by atoms with Crippen LogP contribution in [0, 0.1) is 0 Å². The number of hydrogen-bond donors (Lipinski definition) is 1. The Morgan fingerprint density at radius 1 is 0.808 bits per heavy atom. The fourth-order valence-corrected chi connectivity index (χ4v) is 3.24. The molecule has 0 aliphatic carbocycles. The molecule has 0 heterocycles. The molecule has 0 bridgehead atoms. The van der Waals surface area contributed by atoms with E-state index in [-0.39, 0.29) is 28.6 Å². The van der Waals surface area contributed by atoms with Crippen molar-refractivity contribution >= 4 is 17.0 Å². The van der Waals surface area contributed by atoms with Crippen LogP contribution in [0.4, 0.5) is 0 Å². The first-order valence-corrected chi connectivity index (χ1v) is 10.5. The first kappa shape index (κ1) is 25.5. The van der Waals surface area contributed by atoms with Gasteiger partial charge < -0.3 is 10.5 Å².